The smallest absolute Gasteiger partial charge is 0.167 e. The van der Waals surface area contributed by atoms with E-state index >= 15 is 0 Å². The Balaban J connectivity index is 2.15. The molecule has 0 saturated carbocycles. The van der Waals surface area contributed by atoms with Gasteiger partial charge < -0.3 is 15.4 Å². The number of ether oxygens (including phenoxy) is 1. The first kappa shape index (κ1) is 15.9. The lowest BCUT2D eigenvalue weighted by Gasteiger charge is -2.25. The van der Waals surface area contributed by atoms with Crippen LogP contribution in [-0.4, -0.2) is 19.7 Å². The molecule has 3 nitrogen and oxygen atoms in total. The number of hydrogen-bond acceptors (Lipinski definition) is 3. The third kappa shape index (κ3) is 4.02. The second kappa shape index (κ2) is 7.53. The largest absolute Gasteiger partial charge is 0.491 e. The molecule has 1 aromatic carbocycles. The van der Waals surface area contributed by atoms with E-state index < -0.39 is 0 Å². The van der Waals surface area contributed by atoms with Gasteiger partial charge in [-0.15, -0.1) is 0 Å². The van der Waals surface area contributed by atoms with Crippen LogP contribution >= 0.6 is 0 Å². The van der Waals surface area contributed by atoms with Gasteiger partial charge in [-0.25, -0.2) is 4.39 Å². The monoisotopic (exact) mass is 294 g/mol. The third-order valence-electron chi connectivity index (χ3n) is 4.27. The topological polar surface area (TPSA) is 38.5 Å². The Bertz CT molecular complexity index is 464. The Labute approximate surface area is 127 Å². The molecule has 1 aliphatic heterocycles. The summed E-state index contributed by atoms with van der Waals surface area (Å²) in [5, 5.41) is 0. The molecule has 0 spiro atoms. The van der Waals surface area contributed by atoms with Crippen molar-refractivity contribution in [2.75, 3.05) is 30.3 Å². The molecule has 1 atom stereocenters. The first-order valence-electron chi connectivity index (χ1n) is 8.12. The summed E-state index contributed by atoms with van der Waals surface area (Å²) in [4.78, 5) is 2.28. The molecule has 1 saturated heterocycles. The van der Waals surface area contributed by atoms with Crippen LogP contribution in [0.1, 0.15) is 46.0 Å². The standard InChI is InChI=1S/C17H27FN2O/c1-3-6-13-7-5-9-20(10-8-13)16-12-17(21-4-2)14(18)11-15(16)19/h11-13H,3-10,19H2,1-2H3. The Morgan fingerprint density at radius 1 is 1.29 bits per heavy atom. The zero-order chi connectivity index (χ0) is 15.2. The van der Waals surface area contributed by atoms with Crippen LogP contribution in [0, 0.1) is 11.7 Å². The van der Waals surface area contributed by atoms with Gasteiger partial charge in [0.2, 0.25) is 0 Å². The fraction of sp³-hybridized carbons (Fsp3) is 0.647. The molecule has 0 radical (unpaired) electrons. The summed E-state index contributed by atoms with van der Waals surface area (Å²) in [6.07, 6.45) is 6.19. The number of nitrogens with two attached hydrogens (primary N) is 1. The summed E-state index contributed by atoms with van der Waals surface area (Å²) in [7, 11) is 0. The zero-order valence-corrected chi connectivity index (χ0v) is 13.2. The lowest BCUT2D eigenvalue weighted by atomic mass is 9.96. The summed E-state index contributed by atoms with van der Waals surface area (Å²) in [6, 6.07) is 3.14. The number of nitrogens with zero attached hydrogens (tertiary/aromatic N) is 1. The van der Waals surface area contributed by atoms with E-state index in [0.717, 1.165) is 24.7 Å². The van der Waals surface area contributed by atoms with Gasteiger partial charge in [0.1, 0.15) is 0 Å². The molecule has 1 aromatic rings. The van der Waals surface area contributed by atoms with E-state index in [2.05, 4.69) is 11.8 Å². The molecule has 2 N–H and O–H groups in total. The summed E-state index contributed by atoms with van der Waals surface area (Å²) >= 11 is 0. The van der Waals surface area contributed by atoms with Gasteiger partial charge in [0.15, 0.2) is 11.6 Å². The highest BCUT2D eigenvalue weighted by Gasteiger charge is 2.19. The maximum atomic E-state index is 13.8. The first-order chi connectivity index (χ1) is 10.2. The second-order valence-corrected chi connectivity index (χ2v) is 5.85. The van der Waals surface area contributed by atoms with Crippen LogP contribution in [-0.2, 0) is 0 Å². The van der Waals surface area contributed by atoms with Crippen LogP contribution in [0.3, 0.4) is 0 Å². The van der Waals surface area contributed by atoms with E-state index in [4.69, 9.17) is 10.5 Å². The van der Waals surface area contributed by atoms with Crippen LogP contribution in [0.5, 0.6) is 5.75 Å². The van der Waals surface area contributed by atoms with Gasteiger partial charge in [0, 0.05) is 25.2 Å². The van der Waals surface area contributed by atoms with Crippen molar-refractivity contribution in [3.63, 3.8) is 0 Å². The Morgan fingerprint density at radius 2 is 2.10 bits per heavy atom. The quantitative estimate of drug-likeness (QED) is 0.827. The highest BCUT2D eigenvalue weighted by molar-refractivity contribution is 5.70. The van der Waals surface area contributed by atoms with Crippen molar-refractivity contribution in [2.24, 2.45) is 5.92 Å². The molecule has 0 amide bonds. The van der Waals surface area contributed by atoms with Crippen molar-refractivity contribution in [1.82, 2.24) is 0 Å². The Morgan fingerprint density at radius 3 is 2.81 bits per heavy atom. The maximum absolute atomic E-state index is 13.8. The van der Waals surface area contributed by atoms with Crippen LogP contribution in [0.2, 0.25) is 0 Å². The predicted octanol–water partition coefficient (Wildman–Crippen LogP) is 4.21. The van der Waals surface area contributed by atoms with Crippen molar-refractivity contribution in [2.45, 2.75) is 46.0 Å². The molecule has 118 valence electrons. The fourth-order valence-corrected chi connectivity index (χ4v) is 3.20. The summed E-state index contributed by atoms with van der Waals surface area (Å²) in [5.74, 6) is 0.737. The number of hydrogen-bond donors (Lipinski definition) is 1. The van der Waals surface area contributed by atoms with Crippen LogP contribution in [0.25, 0.3) is 0 Å². The maximum Gasteiger partial charge on any atom is 0.167 e. The average molecular weight is 294 g/mol. The molecule has 0 aromatic heterocycles. The number of nitrogen functional groups attached to an aromatic ring is 1. The van der Waals surface area contributed by atoms with Crippen LogP contribution in [0.4, 0.5) is 15.8 Å². The molecule has 1 aliphatic rings. The lowest BCUT2D eigenvalue weighted by Crippen LogP contribution is -2.25. The summed E-state index contributed by atoms with van der Waals surface area (Å²) < 4.78 is 19.2. The second-order valence-electron chi connectivity index (χ2n) is 5.85. The van der Waals surface area contributed by atoms with E-state index in [1.165, 1.54) is 38.2 Å². The molecular weight excluding hydrogens is 267 g/mol. The highest BCUT2D eigenvalue weighted by atomic mass is 19.1. The van der Waals surface area contributed by atoms with Gasteiger partial charge in [-0.3, -0.25) is 0 Å². The van der Waals surface area contributed by atoms with E-state index in [1.807, 2.05) is 6.92 Å². The molecule has 0 bridgehead atoms. The predicted molar refractivity (Wildman–Crippen MR) is 86.4 cm³/mol. The molecule has 2 rings (SSSR count). The van der Waals surface area contributed by atoms with Crippen LogP contribution in [0.15, 0.2) is 12.1 Å². The number of benzene rings is 1. The van der Waals surface area contributed by atoms with Crippen molar-refractivity contribution in [3.05, 3.63) is 17.9 Å². The van der Waals surface area contributed by atoms with Crippen molar-refractivity contribution < 1.29 is 9.13 Å². The Kier molecular flexibility index (Phi) is 5.71. The minimum absolute atomic E-state index is 0.302. The molecule has 1 heterocycles. The molecule has 0 aliphatic carbocycles. The molecule has 1 unspecified atom stereocenters. The lowest BCUT2D eigenvalue weighted by molar-refractivity contribution is 0.321. The van der Waals surface area contributed by atoms with Gasteiger partial charge in [-0.2, -0.15) is 0 Å². The van der Waals surface area contributed by atoms with Gasteiger partial charge in [-0.05, 0) is 32.1 Å². The minimum Gasteiger partial charge on any atom is -0.491 e. The van der Waals surface area contributed by atoms with E-state index in [-0.39, 0.29) is 5.82 Å². The minimum atomic E-state index is -0.378. The van der Waals surface area contributed by atoms with Gasteiger partial charge in [0.25, 0.3) is 0 Å². The van der Waals surface area contributed by atoms with Gasteiger partial charge in [-0.1, -0.05) is 19.8 Å². The summed E-state index contributed by atoms with van der Waals surface area (Å²) in [5.41, 5.74) is 7.44. The summed E-state index contributed by atoms with van der Waals surface area (Å²) in [6.45, 7) is 6.54. The van der Waals surface area contributed by atoms with Gasteiger partial charge >= 0.3 is 0 Å². The Hall–Kier alpha value is -1.45. The molecule has 4 heteroatoms. The first-order valence-corrected chi connectivity index (χ1v) is 8.12. The molecule has 1 fully saturated rings. The third-order valence-corrected chi connectivity index (χ3v) is 4.27. The number of rotatable bonds is 5. The molecule has 21 heavy (non-hydrogen) atoms. The fourth-order valence-electron chi connectivity index (χ4n) is 3.20. The van der Waals surface area contributed by atoms with Gasteiger partial charge in [0.05, 0.1) is 18.0 Å². The van der Waals surface area contributed by atoms with Crippen molar-refractivity contribution in [3.8, 4) is 5.75 Å². The van der Waals surface area contributed by atoms with E-state index in [1.54, 1.807) is 6.07 Å². The van der Waals surface area contributed by atoms with Crippen molar-refractivity contribution in [1.29, 1.82) is 0 Å². The number of halogens is 1. The van der Waals surface area contributed by atoms with Crippen molar-refractivity contribution >= 4 is 11.4 Å². The van der Waals surface area contributed by atoms with E-state index in [9.17, 15) is 4.39 Å². The molecular formula is C17H27FN2O. The normalized spacial score (nSPS) is 19.4. The van der Waals surface area contributed by atoms with E-state index in [0.29, 0.717) is 18.0 Å². The number of anilines is 2. The SMILES string of the molecule is CCCC1CCCN(c2cc(OCC)c(F)cc2N)CC1. The zero-order valence-electron chi connectivity index (χ0n) is 13.2. The average Bonchev–Trinajstić information content (AvgIpc) is 2.68. The highest BCUT2D eigenvalue weighted by Crippen LogP contribution is 2.33. The van der Waals surface area contributed by atoms with Crippen LogP contribution < -0.4 is 15.4 Å².